The molecule has 0 radical (unpaired) electrons. The van der Waals surface area contributed by atoms with Crippen molar-refractivity contribution < 1.29 is 105 Å². The third kappa shape index (κ3) is 23.7. The van der Waals surface area contributed by atoms with Crippen molar-refractivity contribution in [1.82, 2.24) is 52.1 Å². The summed E-state index contributed by atoms with van der Waals surface area (Å²) < 4.78 is 246. The molecule has 0 saturated heterocycles. The van der Waals surface area contributed by atoms with Crippen LogP contribution in [0.15, 0.2) is 111 Å². The number of rotatable bonds is 45. The lowest BCUT2D eigenvalue weighted by Gasteiger charge is -2.16. The molecule has 3 aromatic heterocycles. The van der Waals surface area contributed by atoms with Gasteiger partial charge in [-0.3, -0.25) is 19.2 Å². The first-order valence-corrected chi connectivity index (χ1v) is 50.5. The van der Waals surface area contributed by atoms with Gasteiger partial charge in [0.2, 0.25) is 40.1 Å². The van der Waals surface area contributed by atoms with Gasteiger partial charge in [-0.2, -0.15) is 17.2 Å². The highest BCUT2D eigenvalue weighted by atomic mass is 32.2. The molecule has 638 valence electrons. The highest BCUT2D eigenvalue weighted by molar-refractivity contribution is 7.93. The van der Waals surface area contributed by atoms with Gasteiger partial charge in [0.15, 0.2) is 56.8 Å². The quantitative estimate of drug-likeness (QED) is 0.0173. The number of H-pyrrole nitrogens is 2. The molecule has 2 aliphatic heterocycles. The molecular weight excluding hydrogens is 1680 g/mol. The molecule has 0 fully saturated rings. The van der Waals surface area contributed by atoms with Crippen LogP contribution in [-0.2, 0) is 118 Å². The smallest absolute Gasteiger partial charge is 0.321 e. The molecular formula is C74H95N11O24S8. The number of aromatic nitrogens is 7. The normalized spacial score (nSPS) is 13.0. The topological polar surface area (TPSA) is 487 Å². The minimum absolute atomic E-state index is 0.00847. The number of sulfone groups is 4. The number of unbranched alkanes of at least 4 members (excludes halogenated alkanes) is 5. The Morgan fingerprint density at radius 2 is 0.684 bits per heavy atom. The van der Waals surface area contributed by atoms with Crippen molar-refractivity contribution in [3.05, 3.63) is 91.5 Å². The molecule has 0 unspecified atom stereocenters. The standard InChI is InChI=1S/C74H95N11O24S8/c1-9-13-16-32-108-67(88)49-84(7)116(102,103)40-20-36-112(94,95)53-24-28-57-61(44-53)73-79-71(57)77-69-55-26-22-51(110(90,91)34-18-38-114(98,99)82(5)47-65(86)106-30-12-4)42-59(55)63(75-69)46-64-60-43-52(111(92,93)35-19-39-115(100,101)83(6)48-66(87)107-31-15-11-3)23-27-56(60)70(76-64)78-72-58-29-25-54(45-62(58)74(80-72)81-73)113(96,97)37-21-41-117(104,105)85(8)50-68(89)109-33-17-14-10-2/h12,22-29,42-46H,4,9-11,13-21,30-41,47-50H2,1-3,5-8H3,(H2,75,76,77,78,79,80,81). The molecule has 0 aliphatic carbocycles. The van der Waals surface area contributed by atoms with E-state index < -0.39 is 201 Å². The van der Waals surface area contributed by atoms with Crippen LogP contribution in [0.1, 0.15) is 97.8 Å². The average molecular weight is 1780 g/mol. The van der Waals surface area contributed by atoms with Crippen LogP contribution in [-0.4, -0.2) is 270 Å². The third-order valence-corrected chi connectivity index (χ3v) is 33.8. The maximum atomic E-state index is 14.5. The maximum Gasteiger partial charge on any atom is 0.321 e. The highest BCUT2D eigenvalue weighted by Crippen LogP contribution is 2.41. The van der Waals surface area contributed by atoms with Gasteiger partial charge in [0.1, 0.15) is 49.7 Å². The number of aromatic amines is 2. The summed E-state index contributed by atoms with van der Waals surface area (Å²) in [6.07, 6.45) is 5.26. The van der Waals surface area contributed by atoms with Crippen LogP contribution in [0.2, 0.25) is 0 Å². The van der Waals surface area contributed by atoms with Crippen LogP contribution in [0.4, 0.5) is 0 Å². The molecule has 9 rings (SSSR count). The Balaban J connectivity index is 1.20. The number of hydrogen-bond acceptors (Lipinski definition) is 29. The number of esters is 4. The zero-order valence-electron chi connectivity index (χ0n) is 65.7. The number of carbonyl (C=O) groups excluding carboxylic acids is 4. The van der Waals surface area contributed by atoms with Gasteiger partial charge in [-0.25, -0.2) is 92.3 Å². The molecule has 0 saturated carbocycles. The number of hydrogen-bond donors (Lipinski definition) is 2. The summed E-state index contributed by atoms with van der Waals surface area (Å²) in [5, 5.41) is 0.523. The Bertz CT molecular complexity index is 6060. The summed E-state index contributed by atoms with van der Waals surface area (Å²) >= 11 is 0. The number of nitrogens with zero attached hydrogens (tertiary/aromatic N) is 9. The third-order valence-electron chi connectivity index (χ3n) is 19.0. The monoisotopic (exact) mass is 1780 g/mol. The lowest BCUT2D eigenvalue weighted by molar-refractivity contribution is -0.144. The minimum atomic E-state index is -4.42. The Kier molecular flexibility index (Phi) is 30.8. The zero-order chi connectivity index (χ0) is 85.6. The summed E-state index contributed by atoms with van der Waals surface area (Å²) in [5.41, 5.74) is 0.196. The van der Waals surface area contributed by atoms with Crippen LogP contribution < -0.4 is 0 Å². The van der Waals surface area contributed by atoms with Crippen molar-refractivity contribution in [1.29, 1.82) is 0 Å². The Hall–Kier alpha value is -8.63. The molecule has 0 spiro atoms. The fourth-order valence-corrected chi connectivity index (χ4v) is 22.9. The Labute approximate surface area is 681 Å². The Morgan fingerprint density at radius 1 is 0.350 bits per heavy atom. The molecule has 0 atom stereocenters. The SMILES string of the molecule is C=CCOC(=O)CN(C)S(=O)(=O)CCCS(=O)(=O)c1ccc2c3nc4nc(nc5[nH]c(nc6nc(cc([nH]3)c2c1)-c1cc(S(=O)(=O)CCCS(=O)(=O)N(C)CC(=O)OCCCC)ccc1-6)c1ccc(S(=O)(=O)CCCS(=O)(=O)N(C)CC(=O)OCCCCC)cc51)-c1cc(S(=O)(=O)CCCS(=O)(=O)N(C)CC(=O)OCCCCC)ccc1-4. The Morgan fingerprint density at radius 3 is 1.10 bits per heavy atom. The van der Waals surface area contributed by atoms with E-state index in [1.165, 1.54) is 99.0 Å². The molecule has 0 amide bonds. The molecule has 8 bridgehead atoms. The van der Waals surface area contributed by atoms with Gasteiger partial charge >= 0.3 is 23.9 Å². The molecule has 117 heavy (non-hydrogen) atoms. The first-order chi connectivity index (χ1) is 55.0. The average Bonchev–Trinajstić information content (AvgIpc) is 1.59. The number of nitrogens with one attached hydrogen (secondary N) is 2. The summed E-state index contributed by atoms with van der Waals surface area (Å²) in [4.78, 5) is 79.5. The highest BCUT2D eigenvalue weighted by Gasteiger charge is 2.32. The van der Waals surface area contributed by atoms with E-state index in [-0.39, 0.29) is 135 Å². The molecule has 2 aliphatic rings. The predicted octanol–water partition coefficient (Wildman–Crippen LogP) is 6.72. The van der Waals surface area contributed by atoms with Crippen LogP contribution in [0.3, 0.4) is 0 Å². The van der Waals surface area contributed by atoms with Crippen LogP contribution >= 0.6 is 0 Å². The zero-order valence-corrected chi connectivity index (χ0v) is 72.2. The van der Waals surface area contributed by atoms with Gasteiger partial charge in [-0.1, -0.05) is 65.5 Å². The van der Waals surface area contributed by atoms with E-state index in [1.54, 1.807) is 0 Å². The van der Waals surface area contributed by atoms with Crippen molar-refractivity contribution in [3.63, 3.8) is 0 Å². The number of likely N-dealkylation sites (N-methyl/N-ethyl adjacent to an activating group) is 4. The summed E-state index contributed by atoms with van der Waals surface area (Å²) in [5.74, 6) is -9.44. The largest absolute Gasteiger partial charge is 0.465 e. The minimum Gasteiger partial charge on any atom is -0.465 e. The van der Waals surface area contributed by atoms with Gasteiger partial charge in [-0.05, 0) is 124 Å². The van der Waals surface area contributed by atoms with Gasteiger partial charge in [-0.15, -0.1) is 0 Å². The first kappa shape index (κ1) is 92.3. The maximum absolute atomic E-state index is 14.5. The molecule has 5 heterocycles. The van der Waals surface area contributed by atoms with Crippen molar-refractivity contribution in [3.8, 4) is 45.4 Å². The number of fused-ring (bicyclic) bond motifs is 20. The van der Waals surface area contributed by atoms with Crippen molar-refractivity contribution >= 4 is 147 Å². The van der Waals surface area contributed by atoms with Gasteiger partial charge in [0, 0.05) is 77.5 Å². The van der Waals surface area contributed by atoms with Gasteiger partial charge < -0.3 is 28.9 Å². The summed E-state index contributed by atoms with van der Waals surface area (Å²) in [6.45, 7) is 6.81. The van der Waals surface area contributed by atoms with Crippen molar-refractivity contribution in [2.45, 2.75) is 117 Å². The van der Waals surface area contributed by atoms with Crippen LogP contribution in [0, 0.1) is 0 Å². The van der Waals surface area contributed by atoms with Crippen molar-refractivity contribution in [2.75, 3.05) is 127 Å². The van der Waals surface area contributed by atoms with Crippen LogP contribution in [0.5, 0.6) is 0 Å². The van der Waals surface area contributed by atoms with E-state index in [9.17, 15) is 86.5 Å². The number of carbonyl (C=O) groups is 4. The van der Waals surface area contributed by atoms with E-state index in [2.05, 4.69) is 16.5 Å². The summed E-state index contributed by atoms with van der Waals surface area (Å²) in [7, 11) is -29.9. The first-order valence-electron chi connectivity index (χ1n) is 37.5. The lowest BCUT2D eigenvalue weighted by Crippen LogP contribution is -2.35. The number of sulfonamides is 4. The molecule has 4 aromatic carbocycles. The van der Waals surface area contributed by atoms with E-state index in [0.717, 1.165) is 63.4 Å². The fraction of sp³-hybridized carbons (Fsp3) is 0.473. The number of benzene rings is 4. The van der Waals surface area contributed by atoms with Gasteiger partial charge in [0.05, 0.1) is 91.1 Å². The second-order valence-electron chi connectivity index (χ2n) is 28.0. The van der Waals surface area contributed by atoms with Gasteiger partial charge in [0.25, 0.3) is 0 Å². The second-order valence-corrected chi connectivity index (χ2v) is 45.2. The molecule has 43 heteroatoms. The van der Waals surface area contributed by atoms with E-state index in [1.807, 2.05) is 20.8 Å². The second kappa shape index (κ2) is 39.1. The predicted molar refractivity (Wildman–Crippen MR) is 439 cm³/mol. The number of ether oxygens (including phenoxy) is 4. The lowest BCUT2D eigenvalue weighted by atomic mass is 10.1. The molecule has 35 nitrogen and oxygen atoms in total. The van der Waals surface area contributed by atoms with E-state index >= 15 is 0 Å². The van der Waals surface area contributed by atoms with E-state index in [0.29, 0.717) is 19.3 Å². The fourth-order valence-electron chi connectivity index (χ4n) is 12.3. The van der Waals surface area contributed by atoms with Crippen molar-refractivity contribution in [2.24, 2.45) is 0 Å². The van der Waals surface area contributed by atoms with E-state index in [4.69, 9.17) is 43.9 Å². The molecule has 2 N–H and O–H groups in total. The summed E-state index contributed by atoms with van der Waals surface area (Å²) in [6, 6.07) is 16.9. The van der Waals surface area contributed by atoms with Crippen LogP contribution in [0.25, 0.3) is 89.4 Å². The molecule has 7 aromatic rings.